The normalized spacial score (nSPS) is 31.2. The zero-order valence-corrected chi connectivity index (χ0v) is 13.8. The van der Waals surface area contributed by atoms with Crippen LogP contribution >= 0.6 is 23.7 Å². The fourth-order valence-corrected chi connectivity index (χ4v) is 5.06. The largest absolute Gasteiger partial charge is 0.337 e. The zero-order valence-electron chi connectivity index (χ0n) is 12.2. The summed E-state index contributed by atoms with van der Waals surface area (Å²) in [7, 11) is 0. The second-order valence-corrected chi connectivity index (χ2v) is 7.49. The number of carbonyl (C=O) groups excluding carboxylic acids is 1. The van der Waals surface area contributed by atoms with E-state index in [2.05, 4.69) is 21.7 Å². The summed E-state index contributed by atoms with van der Waals surface area (Å²) in [6.07, 6.45) is 7.37. The Kier molecular flexibility index (Phi) is 4.57. The van der Waals surface area contributed by atoms with Crippen molar-refractivity contribution in [3.63, 3.8) is 0 Å². The summed E-state index contributed by atoms with van der Waals surface area (Å²) < 4.78 is 0. The Bertz CT molecular complexity index is 504. The molecule has 21 heavy (non-hydrogen) atoms. The lowest BCUT2D eigenvalue weighted by Crippen LogP contribution is -2.46. The minimum Gasteiger partial charge on any atom is -0.337 e. The Morgan fingerprint density at radius 3 is 3.05 bits per heavy atom. The van der Waals surface area contributed by atoms with Gasteiger partial charge in [-0.05, 0) is 48.6 Å². The van der Waals surface area contributed by atoms with Gasteiger partial charge in [0.25, 0.3) is 0 Å². The van der Waals surface area contributed by atoms with Gasteiger partial charge in [0.15, 0.2) is 0 Å². The van der Waals surface area contributed by atoms with E-state index in [-0.39, 0.29) is 18.4 Å². The molecule has 116 valence electrons. The molecule has 0 aromatic carbocycles. The second-order valence-electron chi connectivity index (χ2n) is 6.48. The lowest BCUT2D eigenvalue weighted by molar-refractivity contribution is -0.134. The molecule has 1 amide bonds. The van der Waals surface area contributed by atoms with Gasteiger partial charge in [0.1, 0.15) is 0 Å². The van der Waals surface area contributed by atoms with Crippen LogP contribution in [0.15, 0.2) is 11.4 Å². The first-order valence-electron chi connectivity index (χ1n) is 7.91. The van der Waals surface area contributed by atoms with Gasteiger partial charge in [-0.25, -0.2) is 0 Å². The third kappa shape index (κ3) is 2.86. The molecular weight excluding hydrogens is 304 g/mol. The summed E-state index contributed by atoms with van der Waals surface area (Å²) in [5.41, 5.74) is 1.37. The van der Waals surface area contributed by atoms with E-state index in [9.17, 15) is 4.79 Å². The van der Waals surface area contributed by atoms with Crippen LogP contribution in [-0.2, 0) is 17.8 Å². The van der Waals surface area contributed by atoms with Crippen LogP contribution < -0.4 is 5.32 Å². The van der Waals surface area contributed by atoms with Crippen LogP contribution in [-0.4, -0.2) is 29.4 Å². The zero-order chi connectivity index (χ0) is 13.5. The Balaban J connectivity index is 0.00000132. The highest BCUT2D eigenvalue weighted by Gasteiger charge is 2.40. The minimum atomic E-state index is 0. The standard InChI is InChI=1S/C16H22N2OS.ClH/c19-16(14-9-11-3-1-2-4-13(11)17-14)18-7-5-15-12(10-18)6-8-20-15;/h6,8,11,13-14,17H,1-5,7,9-10H2;1H. The van der Waals surface area contributed by atoms with Crippen molar-refractivity contribution < 1.29 is 4.79 Å². The maximum Gasteiger partial charge on any atom is 0.240 e. The van der Waals surface area contributed by atoms with Crippen LogP contribution in [0.5, 0.6) is 0 Å². The minimum absolute atomic E-state index is 0. The predicted molar refractivity (Wildman–Crippen MR) is 88.0 cm³/mol. The molecule has 0 spiro atoms. The van der Waals surface area contributed by atoms with Crippen LogP contribution in [0, 0.1) is 5.92 Å². The van der Waals surface area contributed by atoms with E-state index in [1.165, 1.54) is 36.1 Å². The van der Waals surface area contributed by atoms with E-state index in [1.54, 1.807) is 0 Å². The van der Waals surface area contributed by atoms with Crippen LogP contribution in [0.3, 0.4) is 0 Å². The first-order chi connectivity index (χ1) is 9.81. The molecule has 2 fully saturated rings. The van der Waals surface area contributed by atoms with Crippen molar-refractivity contribution in [3.8, 4) is 0 Å². The number of halogens is 1. The summed E-state index contributed by atoms with van der Waals surface area (Å²) in [6, 6.07) is 2.88. The van der Waals surface area contributed by atoms with Crippen molar-refractivity contribution in [3.05, 3.63) is 21.9 Å². The Morgan fingerprint density at radius 1 is 1.33 bits per heavy atom. The smallest absolute Gasteiger partial charge is 0.240 e. The van der Waals surface area contributed by atoms with Gasteiger partial charge in [-0.1, -0.05) is 12.8 Å². The Labute approximate surface area is 136 Å². The van der Waals surface area contributed by atoms with E-state index in [0.29, 0.717) is 11.9 Å². The van der Waals surface area contributed by atoms with Crippen molar-refractivity contribution in [2.75, 3.05) is 6.54 Å². The first-order valence-corrected chi connectivity index (χ1v) is 8.79. The van der Waals surface area contributed by atoms with E-state index in [0.717, 1.165) is 31.8 Å². The van der Waals surface area contributed by atoms with Crippen LogP contribution in [0.4, 0.5) is 0 Å². The van der Waals surface area contributed by atoms with E-state index in [1.807, 2.05) is 11.3 Å². The number of fused-ring (bicyclic) bond motifs is 2. The lowest BCUT2D eigenvalue weighted by Gasteiger charge is -2.29. The quantitative estimate of drug-likeness (QED) is 0.860. The van der Waals surface area contributed by atoms with Crippen molar-refractivity contribution >= 4 is 29.7 Å². The third-order valence-electron chi connectivity index (χ3n) is 5.28. The molecule has 3 aliphatic rings. The molecule has 1 saturated carbocycles. The molecule has 1 aliphatic carbocycles. The van der Waals surface area contributed by atoms with Crippen LogP contribution in [0.1, 0.15) is 42.5 Å². The molecule has 1 aromatic rings. The number of thiophene rings is 1. The average molecular weight is 327 g/mol. The summed E-state index contributed by atoms with van der Waals surface area (Å²) in [6.45, 7) is 1.73. The van der Waals surface area contributed by atoms with Crippen molar-refractivity contribution in [1.29, 1.82) is 0 Å². The van der Waals surface area contributed by atoms with Gasteiger partial charge in [0, 0.05) is 24.0 Å². The number of rotatable bonds is 1. The summed E-state index contributed by atoms with van der Waals surface area (Å²) in [5.74, 6) is 1.09. The predicted octanol–water partition coefficient (Wildman–Crippen LogP) is 2.98. The topological polar surface area (TPSA) is 32.3 Å². The number of amides is 1. The second kappa shape index (κ2) is 6.27. The molecule has 0 radical (unpaired) electrons. The van der Waals surface area contributed by atoms with Gasteiger partial charge in [-0.3, -0.25) is 4.79 Å². The SMILES string of the molecule is Cl.O=C(C1CC2CCCCC2N1)N1CCc2sccc2C1. The molecule has 3 nitrogen and oxygen atoms in total. The highest BCUT2D eigenvalue weighted by Crippen LogP contribution is 2.34. The van der Waals surface area contributed by atoms with Gasteiger partial charge >= 0.3 is 0 Å². The van der Waals surface area contributed by atoms with Crippen molar-refractivity contribution in [1.82, 2.24) is 10.2 Å². The fourth-order valence-electron chi connectivity index (χ4n) is 4.17. The molecular formula is C16H23ClN2OS. The van der Waals surface area contributed by atoms with E-state index < -0.39 is 0 Å². The third-order valence-corrected chi connectivity index (χ3v) is 6.30. The van der Waals surface area contributed by atoms with Gasteiger partial charge < -0.3 is 10.2 Å². The highest BCUT2D eigenvalue weighted by molar-refractivity contribution is 7.10. The van der Waals surface area contributed by atoms with Crippen molar-refractivity contribution in [2.24, 2.45) is 5.92 Å². The summed E-state index contributed by atoms with van der Waals surface area (Å²) in [5, 5.41) is 5.77. The van der Waals surface area contributed by atoms with Gasteiger partial charge in [-0.2, -0.15) is 0 Å². The van der Waals surface area contributed by atoms with Crippen molar-refractivity contribution in [2.45, 2.75) is 57.2 Å². The molecule has 3 unspecified atom stereocenters. The van der Waals surface area contributed by atoms with Crippen LogP contribution in [0.2, 0.25) is 0 Å². The van der Waals surface area contributed by atoms with Crippen LogP contribution in [0.25, 0.3) is 0 Å². The maximum atomic E-state index is 12.7. The van der Waals surface area contributed by atoms with E-state index >= 15 is 0 Å². The Morgan fingerprint density at radius 2 is 2.19 bits per heavy atom. The molecule has 1 saturated heterocycles. The van der Waals surface area contributed by atoms with Gasteiger partial charge in [-0.15, -0.1) is 23.7 Å². The molecule has 4 rings (SSSR count). The maximum absolute atomic E-state index is 12.7. The molecule has 5 heteroatoms. The molecule has 2 aliphatic heterocycles. The highest BCUT2D eigenvalue weighted by atomic mass is 35.5. The van der Waals surface area contributed by atoms with E-state index in [4.69, 9.17) is 0 Å². The summed E-state index contributed by atoms with van der Waals surface area (Å²) >= 11 is 1.83. The number of nitrogens with one attached hydrogen (secondary N) is 1. The Hall–Kier alpha value is -0.580. The first kappa shape index (κ1) is 15.3. The molecule has 3 heterocycles. The number of hydrogen-bond acceptors (Lipinski definition) is 3. The monoisotopic (exact) mass is 326 g/mol. The lowest BCUT2D eigenvalue weighted by atomic mass is 9.85. The fraction of sp³-hybridized carbons (Fsp3) is 0.688. The molecule has 0 bridgehead atoms. The van der Waals surface area contributed by atoms with Gasteiger partial charge in [0.2, 0.25) is 5.91 Å². The number of carbonyl (C=O) groups is 1. The molecule has 1 N–H and O–H groups in total. The van der Waals surface area contributed by atoms with Gasteiger partial charge in [0.05, 0.1) is 6.04 Å². The summed E-state index contributed by atoms with van der Waals surface area (Å²) in [4.78, 5) is 16.3. The molecule has 1 aromatic heterocycles. The average Bonchev–Trinajstić information content (AvgIpc) is 3.11. The number of hydrogen-bond donors (Lipinski definition) is 1. The number of nitrogens with zero attached hydrogens (tertiary/aromatic N) is 1. The molecule has 3 atom stereocenters.